The van der Waals surface area contributed by atoms with E-state index >= 15 is 0 Å². The van der Waals surface area contributed by atoms with Gasteiger partial charge in [0.25, 0.3) is 5.56 Å². The van der Waals surface area contributed by atoms with E-state index in [0.29, 0.717) is 30.3 Å². The lowest BCUT2D eigenvalue weighted by atomic mass is 10.0. The van der Waals surface area contributed by atoms with E-state index in [2.05, 4.69) is 41.3 Å². The Morgan fingerprint density at radius 3 is 2.48 bits per heavy atom. The Balaban J connectivity index is 1.69. The number of carbonyl (C=O) groups is 1. The molecule has 5 heteroatoms. The van der Waals surface area contributed by atoms with E-state index in [4.69, 9.17) is 0 Å². The van der Waals surface area contributed by atoms with Gasteiger partial charge in [0, 0.05) is 23.0 Å². The molecule has 29 heavy (non-hydrogen) atoms. The van der Waals surface area contributed by atoms with E-state index in [1.807, 2.05) is 43.3 Å². The van der Waals surface area contributed by atoms with E-state index in [1.54, 1.807) is 0 Å². The first-order valence-corrected chi connectivity index (χ1v) is 10.0. The number of amides is 1. The molecular formula is C24H27N3O2. The predicted octanol–water partition coefficient (Wildman–Crippen LogP) is 4.38. The number of H-pyrrole nitrogens is 1. The molecule has 0 fully saturated rings. The van der Waals surface area contributed by atoms with Gasteiger partial charge in [-0.2, -0.15) is 0 Å². The van der Waals surface area contributed by atoms with Crippen molar-refractivity contribution < 1.29 is 4.79 Å². The van der Waals surface area contributed by atoms with Crippen LogP contribution in [0.25, 0.3) is 11.4 Å². The summed E-state index contributed by atoms with van der Waals surface area (Å²) in [4.78, 5) is 31.5. The first kappa shape index (κ1) is 20.5. The highest BCUT2D eigenvalue weighted by Gasteiger charge is 2.08. The Hall–Kier alpha value is -3.21. The van der Waals surface area contributed by atoms with Crippen molar-refractivity contribution in [1.29, 1.82) is 0 Å². The maximum absolute atomic E-state index is 12.5. The van der Waals surface area contributed by atoms with Crippen LogP contribution < -0.4 is 10.9 Å². The number of nitrogens with one attached hydrogen (secondary N) is 2. The monoisotopic (exact) mass is 389 g/mol. The van der Waals surface area contributed by atoms with Gasteiger partial charge in [0.1, 0.15) is 5.82 Å². The zero-order valence-electron chi connectivity index (χ0n) is 17.2. The molecule has 0 saturated heterocycles. The molecule has 0 saturated carbocycles. The van der Waals surface area contributed by atoms with Gasteiger partial charge in [0.05, 0.1) is 6.42 Å². The maximum Gasteiger partial charge on any atom is 0.251 e. The van der Waals surface area contributed by atoms with Gasteiger partial charge < -0.3 is 10.3 Å². The van der Waals surface area contributed by atoms with Crippen LogP contribution in [-0.2, 0) is 24.1 Å². The lowest BCUT2D eigenvalue weighted by Gasteiger charge is -2.09. The molecule has 0 bridgehead atoms. The number of hydrogen-bond acceptors (Lipinski definition) is 3. The predicted molar refractivity (Wildman–Crippen MR) is 117 cm³/mol. The molecule has 1 heterocycles. The fourth-order valence-corrected chi connectivity index (χ4v) is 3.23. The van der Waals surface area contributed by atoms with E-state index in [9.17, 15) is 9.59 Å². The van der Waals surface area contributed by atoms with Gasteiger partial charge in [0.15, 0.2) is 0 Å². The average Bonchev–Trinajstić information content (AvgIpc) is 2.68. The highest BCUT2D eigenvalue weighted by atomic mass is 16.1. The molecule has 1 amide bonds. The third-order valence-corrected chi connectivity index (χ3v) is 4.61. The van der Waals surface area contributed by atoms with Crippen LogP contribution in [0.15, 0.2) is 59.4 Å². The Kier molecular flexibility index (Phi) is 6.60. The zero-order chi connectivity index (χ0) is 20.8. The summed E-state index contributed by atoms with van der Waals surface area (Å²) in [7, 11) is 0. The standard InChI is InChI=1S/C24H27N3O2/c1-4-20-15-23(29)27-24(26-20)19-6-5-7-21(14-19)25-22(28)13-18-10-8-17(9-11-18)12-16(2)3/h5-11,14-16H,4,12-13H2,1-3H3,(H,25,28)(H,26,27,29). The van der Waals surface area contributed by atoms with Crippen molar-refractivity contribution in [3.63, 3.8) is 0 Å². The number of aromatic nitrogens is 2. The number of benzene rings is 2. The number of aryl methyl sites for hydroxylation is 1. The molecule has 0 unspecified atom stereocenters. The van der Waals surface area contributed by atoms with Crippen molar-refractivity contribution >= 4 is 11.6 Å². The van der Waals surface area contributed by atoms with Crippen LogP contribution in [0.4, 0.5) is 5.69 Å². The lowest BCUT2D eigenvalue weighted by molar-refractivity contribution is -0.115. The van der Waals surface area contributed by atoms with E-state index in [-0.39, 0.29) is 11.5 Å². The molecule has 2 aromatic carbocycles. The number of aromatic amines is 1. The Morgan fingerprint density at radius 2 is 1.79 bits per heavy atom. The van der Waals surface area contributed by atoms with Crippen LogP contribution in [0.3, 0.4) is 0 Å². The van der Waals surface area contributed by atoms with E-state index in [1.165, 1.54) is 11.6 Å². The Bertz CT molecular complexity index is 1040. The van der Waals surface area contributed by atoms with Gasteiger partial charge in [-0.3, -0.25) is 9.59 Å². The highest BCUT2D eigenvalue weighted by Crippen LogP contribution is 2.19. The van der Waals surface area contributed by atoms with Crippen LogP contribution in [0.2, 0.25) is 0 Å². The van der Waals surface area contributed by atoms with Gasteiger partial charge in [-0.15, -0.1) is 0 Å². The fraction of sp³-hybridized carbons (Fsp3) is 0.292. The van der Waals surface area contributed by atoms with Crippen molar-refractivity contribution in [3.05, 3.63) is 81.8 Å². The molecular weight excluding hydrogens is 362 g/mol. The third kappa shape index (κ3) is 5.88. The molecule has 0 aliphatic heterocycles. The minimum Gasteiger partial charge on any atom is -0.326 e. The van der Waals surface area contributed by atoms with Gasteiger partial charge in [-0.25, -0.2) is 4.98 Å². The molecule has 150 valence electrons. The summed E-state index contributed by atoms with van der Waals surface area (Å²) in [5.41, 5.74) is 4.25. The summed E-state index contributed by atoms with van der Waals surface area (Å²) < 4.78 is 0. The number of anilines is 1. The summed E-state index contributed by atoms with van der Waals surface area (Å²) in [5.74, 6) is 1.03. The second-order valence-corrected chi connectivity index (χ2v) is 7.66. The molecule has 0 radical (unpaired) electrons. The smallest absolute Gasteiger partial charge is 0.251 e. The molecule has 0 aliphatic carbocycles. The van der Waals surface area contributed by atoms with Crippen molar-refractivity contribution in [3.8, 4) is 11.4 Å². The minimum atomic E-state index is -0.179. The van der Waals surface area contributed by atoms with Crippen molar-refractivity contribution in [2.24, 2.45) is 5.92 Å². The van der Waals surface area contributed by atoms with E-state index < -0.39 is 0 Å². The SMILES string of the molecule is CCc1cc(=O)[nH]c(-c2cccc(NC(=O)Cc3ccc(CC(C)C)cc3)c2)n1. The topological polar surface area (TPSA) is 74.8 Å². The number of nitrogens with zero attached hydrogens (tertiary/aromatic N) is 1. The van der Waals surface area contributed by atoms with Crippen LogP contribution in [0, 0.1) is 5.92 Å². The zero-order valence-corrected chi connectivity index (χ0v) is 17.2. The lowest BCUT2D eigenvalue weighted by Crippen LogP contribution is -2.14. The largest absolute Gasteiger partial charge is 0.326 e. The fourth-order valence-electron chi connectivity index (χ4n) is 3.23. The molecule has 0 atom stereocenters. The van der Waals surface area contributed by atoms with Crippen molar-refractivity contribution in [1.82, 2.24) is 9.97 Å². The second kappa shape index (κ2) is 9.32. The second-order valence-electron chi connectivity index (χ2n) is 7.66. The summed E-state index contributed by atoms with van der Waals surface area (Å²) in [6, 6.07) is 17.1. The quantitative estimate of drug-likeness (QED) is 0.630. The number of hydrogen-bond donors (Lipinski definition) is 2. The van der Waals surface area contributed by atoms with Crippen LogP contribution in [0.5, 0.6) is 0 Å². The van der Waals surface area contributed by atoms with Gasteiger partial charge in [0.2, 0.25) is 5.91 Å². The van der Waals surface area contributed by atoms with Gasteiger partial charge >= 0.3 is 0 Å². The molecule has 5 nitrogen and oxygen atoms in total. The van der Waals surface area contributed by atoms with Gasteiger partial charge in [-0.1, -0.05) is 57.2 Å². The van der Waals surface area contributed by atoms with Crippen LogP contribution in [0.1, 0.15) is 37.6 Å². The van der Waals surface area contributed by atoms with Crippen molar-refractivity contribution in [2.45, 2.75) is 40.0 Å². The summed E-state index contributed by atoms with van der Waals surface area (Å²) in [6.07, 6.45) is 2.03. The molecule has 0 spiro atoms. The first-order valence-electron chi connectivity index (χ1n) is 10.0. The van der Waals surface area contributed by atoms with Crippen LogP contribution >= 0.6 is 0 Å². The van der Waals surface area contributed by atoms with Crippen molar-refractivity contribution in [2.75, 3.05) is 5.32 Å². The molecule has 2 N–H and O–H groups in total. The molecule has 0 aliphatic rings. The van der Waals surface area contributed by atoms with E-state index in [0.717, 1.165) is 23.2 Å². The summed E-state index contributed by atoms with van der Waals surface area (Å²) >= 11 is 0. The minimum absolute atomic E-state index is 0.0810. The first-order chi connectivity index (χ1) is 13.9. The highest BCUT2D eigenvalue weighted by molar-refractivity contribution is 5.92. The molecule has 3 aromatic rings. The maximum atomic E-state index is 12.5. The van der Waals surface area contributed by atoms with Gasteiger partial charge in [-0.05, 0) is 42.0 Å². The average molecular weight is 389 g/mol. The normalized spacial score (nSPS) is 10.9. The summed E-state index contributed by atoms with van der Waals surface area (Å²) in [6.45, 7) is 6.34. The Labute approximate surface area is 171 Å². The molecule has 1 aromatic heterocycles. The number of carbonyl (C=O) groups excluding carboxylic acids is 1. The van der Waals surface area contributed by atoms with Crippen LogP contribution in [-0.4, -0.2) is 15.9 Å². The number of rotatable bonds is 7. The molecule has 3 rings (SSSR count). The summed E-state index contributed by atoms with van der Waals surface area (Å²) in [5, 5.41) is 2.93. The third-order valence-electron chi connectivity index (χ3n) is 4.61. The Morgan fingerprint density at radius 1 is 1.07 bits per heavy atom.